The molecule has 1 atom stereocenters. The molecule has 1 fully saturated rings. The van der Waals surface area contributed by atoms with E-state index in [1.807, 2.05) is 25.6 Å². The van der Waals surface area contributed by atoms with Crippen LogP contribution >= 0.6 is 11.8 Å². The Bertz CT molecular complexity index is 358. The molecule has 1 unspecified atom stereocenters. The van der Waals surface area contributed by atoms with Crippen molar-refractivity contribution in [2.75, 3.05) is 11.5 Å². The van der Waals surface area contributed by atoms with Gasteiger partial charge in [0.25, 0.3) is 0 Å². The molecule has 2 N–H and O–H groups in total. The normalized spacial score (nSPS) is 21.4. The molecule has 0 spiro atoms. The summed E-state index contributed by atoms with van der Waals surface area (Å²) in [7, 11) is 0. The molecule has 1 aromatic rings. The molecule has 0 bridgehead atoms. The van der Waals surface area contributed by atoms with Crippen molar-refractivity contribution in [3.05, 3.63) is 11.7 Å². The minimum atomic E-state index is -0.468. The second-order valence-electron chi connectivity index (χ2n) is 5.04. The highest BCUT2D eigenvalue weighted by molar-refractivity contribution is 7.99. The zero-order valence-electron chi connectivity index (χ0n) is 10.6. The van der Waals surface area contributed by atoms with Crippen LogP contribution in [0.5, 0.6) is 0 Å². The third-order valence-corrected chi connectivity index (χ3v) is 4.57. The van der Waals surface area contributed by atoms with Crippen LogP contribution in [0.1, 0.15) is 44.8 Å². The fourth-order valence-electron chi connectivity index (χ4n) is 1.93. The molecule has 0 radical (unpaired) electrons. The molecule has 0 amide bonds. The van der Waals surface area contributed by atoms with Crippen LogP contribution in [-0.4, -0.2) is 21.6 Å². The number of thioether (sulfide) groups is 1. The first-order valence-corrected chi connectivity index (χ1v) is 7.47. The minimum Gasteiger partial charge on any atom is -0.339 e. The van der Waals surface area contributed by atoms with Crippen molar-refractivity contribution in [3.63, 3.8) is 0 Å². The Morgan fingerprint density at radius 3 is 2.82 bits per heavy atom. The van der Waals surface area contributed by atoms with Crippen LogP contribution in [0, 0.1) is 5.92 Å². The van der Waals surface area contributed by atoms with Crippen LogP contribution in [0.2, 0.25) is 0 Å². The van der Waals surface area contributed by atoms with Crippen molar-refractivity contribution in [1.82, 2.24) is 10.1 Å². The van der Waals surface area contributed by atoms with Gasteiger partial charge >= 0.3 is 0 Å². The van der Waals surface area contributed by atoms with Crippen molar-refractivity contribution in [1.29, 1.82) is 0 Å². The molecule has 5 heteroatoms. The van der Waals surface area contributed by atoms with E-state index in [0.717, 1.165) is 18.7 Å². The van der Waals surface area contributed by atoms with E-state index in [-0.39, 0.29) is 0 Å². The lowest BCUT2D eigenvalue weighted by molar-refractivity contribution is 0.331. The zero-order chi connectivity index (χ0) is 12.3. The van der Waals surface area contributed by atoms with Gasteiger partial charge in [-0.15, -0.1) is 0 Å². The Labute approximate surface area is 107 Å². The minimum absolute atomic E-state index is 0.468. The Balaban J connectivity index is 1.98. The Morgan fingerprint density at radius 1 is 1.47 bits per heavy atom. The smallest absolute Gasteiger partial charge is 0.226 e. The average Bonchev–Trinajstić information content (AvgIpc) is 2.80. The molecule has 0 saturated carbocycles. The van der Waals surface area contributed by atoms with Crippen molar-refractivity contribution >= 4 is 11.8 Å². The average molecular weight is 255 g/mol. The maximum Gasteiger partial charge on any atom is 0.226 e. The Morgan fingerprint density at radius 2 is 2.18 bits per heavy atom. The molecule has 1 aliphatic heterocycles. The standard InChI is InChI=1S/C12H21N3OS/c1-3-12(2,13)11-14-10(16-15-11)8-9-4-6-17-7-5-9/h9H,3-8,13H2,1-2H3. The highest BCUT2D eigenvalue weighted by Gasteiger charge is 2.26. The lowest BCUT2D eigenvalue weighted by Crippen LogP contribution is -2.33. The van der Waals surface area contributed by atoms with Crippen LogP contribution in [0.15, 0.2) is 4.52 Å². The quantitative estimate of drug-likeness (QED) is 0.894. The Hall–Kier alpha value is -0.550. The number of rotatable bonds is 4. The third kappa shape index (κ3) is 3.22. The van der Waals surface area contributed by atoms with Gasteiger partial charge in [-0.2, -0.15) is 16.7 Å². The largest absolute Gasteiger partial charge is 0.339 e. The van der Waals surface area contributed by atoms with Gasteiger partial charge in [-0.25, -0.2) is 0 Å². The van der Waals surface area contributed by atoms with Gasteiger partial charge in [-0.1, -0.05) is 12.1 Å². The predicted octanol–water partition coefficient (Wildman–Crippen LogP) is 2.34. The van der Waals surface area contributed by atoms with Crippen molar-refractivity contribution in [2.45, 2.75) is 45.1 Å². The molecule has 4 nitrogen and oxygen atoms in total. The number of aromatic nitrogens is 2. The first kappa shape index (κ1) is 12.9. The van der Waals surface area contributed by atoms with Gasteiger partial charge in [0.15, 0.2) is 5.82 Å². The highest BCUT2D eigenvalue weighted by Crippen LogP contribution is 2.26. The second-order valence-corrected chi connectivity index (χ2v) is 6.27. The molecule has 1 aliphatic rings. The van der Waals surface area contributed by atoms with Crippen LogP contribution in [0.3, 0.4) is 0 Å². The summed E-state index contributed by atoms with van der Waals surface area (Å²) in [5, 5.41) is 4.01. The molecule has 1 aromatic heterocycles. The van der Waals surface area contributed by atoms with E-state index in [2.05, 4.69) is 10.1 Å². The SMILES string of the molecule is CCC(C)(N)c1noc(CC2CCSCC2)n1. The molecule has 96 valence electrons. The number of hydrogen-bond acceptors (Lipinski definition) is 5. The van der Waals surface area contributed by atoms with E-state index in [4.69, 9.17) is 10.3 Å². The maximum atomic E-state index is 6.10. The summed E-state index contributed by atoms with van der Waals surface area (Å²) in [6, 6.07) is 0. The molecule has 2 heterocycles. The molecule has 0 aromatic carbocycles. The summed E-state index contributed by atoms with van der Waals surface area (Å²) >= 11 is 2.04. The van der Waals surface area contributed by atoms with Gasteiger partial charge in [0, 0.05) is 6.42 Å². The summed E-state index contributed by atoms with van der Waals surface area (Å²) in [5.74, 6) is 4.61. The lowest BCUT2D eigenvalue weighted by Gasteiger charge is -2.19. The summed E-state index contributed by atoms with van der Waals surface area (Å²) in [6.07, 6.45) is 4.24. The summed E-state index contributed by atoms with van der Waals surface area (Å²) < 4.78 is 5.31. The van der Waals surface area contributed by atoms with Crippen molar-refractivity contribution < 1.29 is 4.52 Å². The summed E-state index contributed by atoms with van der Waals surface area (Å²) in [4.78, 5) is 4.44. The monoisotopic (exact) mass is 255 g/mol. The summed E-state index contributed by atoms with van der Waals surface area (Å²) in [5.41, 5.74) is 5.63. The van der Waals surface area contributed by atoms with Gasteiger partial charge in [-0.05, 0) is 43.6 Å². The molecular formula is C12H21N3OS. The first-order valence-electron chi connectivity index (χ1n) is 6.31. The van der Waals surface area contributed by atoms with Gasteiger partial charge in [0.1, 0.15) is 0 Å². The van der Waals surface area contributed by atoms with Gasteiger partial charge in [-0.3, -0.25) is 0 Å². The third-order valence-electron chi connectivity index (χ3n) is 3.52. The van der Waals surface area contributed by atoms with E-state index >= 15 is 0 Å². The van der Waals surface area contributed by atoms with E-state index in [9.17, 15) is 0 Å². The molecule has 1 saturated heterocycles. The fraction of sp³-hybridized carbons (Fsp3) is 0.833. The van der Waals surface area contributed by atoms with Crippen LogP contribution in [-0.2, 0) is 12.0 Å². The van der Waals surface area contributed by atoms with E-state index < -0.39 is 5.54 Å². The van der Waals surface area contributed by atoms with Gasteiger partial charge < -0.3 is 10.3 Å². The molecule has 2 rings (SSSR count). The lowest BCUT2D eigenvalue weighted by atomic mass is 9.98. The van der Waals surface area contributed by atoms with Gasteiger partial charge in [0.2, 0.25) is 5.89 Å². The summed E-state index contributed by atoms with van der Waals surface area (Å²) in [6.45, 7) is 3.98. The molecule has 0 aliphatic carbocycles. The van der Waals surface area contributed by atoms with E-state index in [1.165, 1.54) is 24.3 Å². The fourth-order valence-corrected chi connectivity index (χ4v) is 3.13. The zero-order valence-corrected chi connectivity index (χ0v) is 11.4. The number of nitrogens with zero attached hydrogens (tertiary/aromatic N) is 2. The van der Waals surface area contributed by atoms with Crippen molar-refractivity contribution in [2.24, 2.45) is 11.7 Å². The van der Waals surface area contributed by atoms with E-state index in [0.29, 0.717) is 11.7 Å². The highest BCUT2D eigenvalue weighted by atomic mass is 32.2. The number of nitrogens with two attached hydrogens (primary N) is 1. The van der Waals surface area contributed by atoms with E-state index in [1.54, 1.807) is 0 Å². The predicted molar refractivity (Wildman–Crippen MR) is 69.9 cm³/mol. The van der Waals surface area contributed by atoms with Crippen LogP contribution in [0.4, 0.5) is 0 Å². The topological polar surface area (TPSA) is 64.9 Å². The Kier molecular flexibility index (Phi) is 4.09. The van der Waals surface area contributed by atoms with Crippen molar-refractivity contribution in [3.8, 4) is 0 Å². The first-order chi connectivity index (χ1) is 8.12. The molecular weight excluding hydrogens is 234 g/mol. The van der Waals surface area contributed by atoms with Crippen LogP contribution in [0.25, 0.3) is 0 Å². The molecule has 17 heavy (non-hydrogen) atoms. The van der Waals surface area contributed by atoms with Gasteiger partial charge in [0.05, 0.1) is 5.54 Å². The second kappa shape index (κ2) is 5.40. The van der Waals surface area contributed by atoms with Crippen LogP contribution < -0.4 is 5.73 Å². The number of hydrogen-bond donors (Lipinski definition) is 1. The maximum absolute atomic E-state index is 6.10.